The zero-order chi connectivity index (χ0) is 25.9. The molecule has 0 aliphatic carbocycles. The number of quaternary nitrogens is 1. The predicted octanol–water partition coefficient (Wildman–Crippen LogP) is 8.76. The van der Waals surface area contributed by atoms with Gasteiger partial charge in [0.1, 0.15) is 18.1 Å². The van der Waals surface area contributed by atoms with Crippen molar-refractivity contribution in [2.75, 3.05) is 21.1 Å². The van der Waals surface area contributed by atoms with Gasteiger partial charge in [-0.2, -0.15) is 0 Å². The quantitative estimate of drug-likeness (QED) is 0.111. The Balaban J connectivity index is 0. The van der Waals surface area contributed by atoms with Crippen LogP contribution in [0, 0.1) is 0 Å². The van der Waals surface area contributed by atoms with Crippen LogP contribution < -0.4 is 9.05 Å². The molecule has 0 saturated carbocycles. The summed E-state index contributed by atoms with van der Waals surface area (Å²) in [5.41, 5.74) is 1.34. The number of aryl methyl sites for hydroxylation is 2. The molecule has 2 aromatic rings. The first kappa shape index (κ1) is 34.3. The molecule has 0 saturated heterocycles. The molecule has 2 rings (SSSR count). The van der Waals surface area contributed by atoms with Gasteiger partial charge >= 0.3 is 42.4 Å². The number of hydrogen-bond acceptors (Lipinski definition) is 0. The zero-order valence-electron chi connectivity index (χ0n) is 18.4. The van der Waals surface area contributed by atoms with Gasteiger partial charge in [-0.25, -0.2) is 9.13 Å². The maximum Gasteiger partial charge on any atom is 0.564 e. The summed E-state index contributed by atoms with van der Waals surface area (Å²) in [5, 5.41) is 0. The summed E-state index contributed by atoms with van der Waals surface area (Å²) < 4.78 is 64.4. The topological polar surface area (TPSA) is 8.81 Å². The van der Waals surface area contributed by atoms with E-state index >= 15 is 0 Å². The number of benzene rings is 1. The van der Waals surface area contributed by atoms with Gasteiger partial charge in [-0.15, -0.1) is 0 Å². The van der Waals surface area contributed by atoms with E-state index in [-0.39, 0.29) is 0 Å². The minimum Gasteiger partial charge on any atom is -0.391 e. The number of para-hydroxylation sites is 1. The van der Waals surface area contributed by atoms with E-state index in [2.05, 4.69) is 80.2 Å². The maximum atomic E-state index is 9.87. The second kappa shape index (κ2) is 12.7. The summed E-state index contributed by atoms with van der Waals surface area (Å²) in [4.78, 5) is 0. The minimum absolute atomic E-state index is 0.890. The Labute approximate surface area is 204 Å². The van der Waals surface area contributed by atoms with Crippen LogP contribution >= 0.6 is 48.0 Å². The molecule has 1 heterocycles. The van der Waals surface area contributed by atoms with Crippen molar-refractivity contribution in [2.45, 2.75) is 26.3 Å². The van der Waals surface area contributed by atoms with E-state index in [1.165, 1.54) is 18.5 Å². The van der Waals surface area contributed by atoms with E-state index in [9.17, 15) is 25.2 Å². The molecular weight excluding hydrogens is 560 g/mol. The molecule has 190 valence electrons. The summed E-state index contributed by atoms with van der Waals surface area (Å²) in [7, 11) is 14.9. The van der Waals surface area contributed by atoms with Crippen LogP contribution in [0.3, 0.4) is 0 Å². The summed E-state index contributed by atoms with van der Waals surface area (Å²) >= 11 is 0. The first-order chi connectivity index (χ1) is 13.9. The van der Waals surface area contributed by atoms with Gasteiger partial charge in [0.25, 0.3) is 0 Å². The van der Waals surface area contributed by atoms with E-state index in [1.54, 1.807) is 0 Å². The number of imidazole rings is 1. The van der Waals surface area contributed by atoms with Crippen LogP contribution in [0.5, 0.6) is 0 Å². The Morgan fingerprint density at radius 1 is 0.938 bits per heavy atom. The number of aromatic nitrogens is 2. The number of rotatable bonds is 4. The zero-order valence-corrected chi connectivity index (χ0v) is 23.5. The van der Waals surface area contributed by atoms with E-state index < -0.39 is 17.2 Å². The van der Waals surface area contributed by atoms with Gasteiger partial charge in [0.15, 0.2) is 0 Å². The van der Waals surface area contributed by atoms with E-state index in [1.807, 2.05) is 13.1 Å². The summed E-state index contributed by atoms with van der Waals surface area (Å²) in [5.74, 6) is 0. The standard InChI is InChI=1S/C9H14N.C8H15N2.Al.4ClH.F6P/c1-10(2,3)9-7-5-4-6-8-9;1-3-4-5-10-7-6-9(2)8-10;;;;;;1-7(2,3,4,5)6/h4-8H,1-3H3;6-8H,3-5H2,1-2H3;;4*1H;/q2*+1;+3;;;;;-1/p-4. The molecule has 1 aromatic heterocycles. The molecule has 32 heavy (non-hydrogen) atoms. The Hall–Kier alpha value is 0.0925. The first-order valence-electron chi connectivity index (χ1n) is 9.20. The summed E-state index contributed by atoms with van der Waals surface area (Å²) in [6.07, 6.45) is 8.82. The fourth-order valence-electron chi connectivity index (χ4n) is 1.85. The molecule has 0 N–H and O–H groups in total. The van der Waals surface area contributed by atoms with Crippen molar-refractivity contribution in [2.24, 2.45) is 7.05 Å². The number of unbranched alkanes of at least 4 members (excludes halogenated alkanes) is 1. The Morgan fingerprint density at radius 3 is 1.59 bits per heavy atom. The van der Waals surface area contributed by atoms with E-state index in [0.29, 0.717) is 0 Å². The third-order valence-electron chi connectivity index (χ3n) is 3.12. The van der Waals surface area contributed by atoms with E-state index in [4.69, 9.17) is 40.2 Å². The second-order valence-electron chi connectivity index (χ2n) is 7.47. The largest absolute Gasteiger partial charge is 0.564 e. The third kappa shape index (κ3) is 34.7. The Morgan fingerprint density at radius 2 is 1.34 bits per heavy atom. The molecule has 1 aromatic carbocycles. The molecule has 3 nitrogen and oxygen atoms in total. The maximum absolute atomic E-state index is 10.7. The van der Waals surface area contributed by atoms with E-state index in [0.717, 1.165) is 11.0 Å². The molecule has 0 bridgehead atoms. The Kier molecular flexibility index (Phi) is 13.6. The number of hydrogen-bond donors (Lipinski definition) is 0. The fraction of sp³-hybridized carbons (Fsp3) is 0.471. The molecule has 0 radical (unpaired) electrons. The van der Waals surface area contributed by atoms with Crippen molar-refractivity contribution < 1.29 is 29.7 Å². The van der Waals surface area contributed by atoms with Crippen molar-refractivity contribution in [1.29, 1.82) is 0 Å². The molecule has 15 heteroatoms. The molecule has 0 fully saturated rings. The smallest absolute Gasteiger partial charge is 0.391 e. The van der Waals surface area contributed by atoms with Crippen molar-refractivity contribution in [1.82, 2.24) is 9.05 Å². The van der Waals surface area contributed by atoms with Crippen LogP contribution in [-0.2, 0) is 13.6 Å². The van der Waals surface area contributed by atoms with Crippen molar-refractivity contribution in [3.8, 4) is 0 Å². The first-order valence-corrected chi connectivity index (χ1v) is 18.2. The molecular formula is C17H29AlCl4F6N3P. The van der Waals surface area contributed by atoms with Crippen molar-refractivity contribution in [3.63, 3.8) is 0 Å². The average molecular weight is 589 g/mol. The second-order valence-corrected chi connectivity index (χ2v) is 22.3. The van der Waals surface area contributed by atoms with Crippen LogP contribution in [0.2, 0.25) is 0 Å². The molecule has 0 aliphatic heterocycles. The number of nitrogens with zero attached hydrogens (tertiary/aromatic N) is 3. The van der Waals surface area contributed by atoms with Crippen LogP contribution in [0.25, 0.3) is 0 Å². The van der Waals surface area contributed by atoms with Crippen molar-refractivity contribution >= 4 is 63.1 Å². The van der Waals surface area contributed by atoms with Gasteiger partial charge in [0.05, 0.1) is 34.7 Å². The van der Waals surface area contributed by atoms with Crippen LogP contribution in [0.15, 0.2) is 49.1 Å². The Bertz CT molecular complexity index is 762. The minimum atomic E-state index is -10.7. The SMILES string of the molecule is CCCCn1cc[n+](C)c1.C[N+](C)(C)c1ccccc1.F[P-](F)(F)(F)(F)F.[Cl][Al-]([Cl])([Cl])[Cl]. The monoisotopic (exact) mass is 587 g/mol. The van der Waals surface area contributed by atoms with Gasteiger partial charge < -0.3 is 40.2 Å². The summed E-state index contributed by atoms with van der Waals surface area (Å²) in [6, 6.07) is 10.5. The molecule has 0 aliphatic rings. The van der Waals surface area contributed by atoms with Gasteiger partial charge in [-0.3, -0.25) is 4.48 Å². The van der Waals surface area contributed by atoms with Gasteiger partial charge in [0.2, 0.25) is 6.33 Å². The molecule has 0 unspecified atom stereocenters. The van der Waals surface area contributed by atoms with Gasteiger partial charge in [-0.05, 0) is 18.6 Å². The normalized spacial score (nSPS) is 13.7. The van der Waals surface area contributed by atoms with Crippen molar-refractivity contribution in [3.05, 3.63) is 49.1 Å². The molecule has 0 spiro atoms. The number of halogens is 10. The fourth-order valence-corrected chi connectivity index (χ4v) is 1.85. The third-order valence-corrected chi connectivity index (χ3v) is 3.12. The van der Waals surface area contributed by atoms with Crippen LogP contribution in [-0.4, -0.2) is 35.1 Å². The summed E-state index contributed by atoms with van der Waals surface area (Å²) in [6.45, 7) is 3.36. The van der Waals surface area contributed by atoms with Crippen LogP contribution in [0.1, 0.15) is 19.8 Å². The van der Waals surface area contributed by atoms with Gasteiger partial charge in [0, 0.05) is 0 Å². The molecule has 0 atom stereocenters. The van der Waals surface area contributed by atoms with Crippen LogP contribution in [0.4, 0.5) is 30.9 Å². The van der Waals surface area contributed by atoms with Gasteiger partial charge in [-0.1, -0.05) is 31.5 Å². The molecule has 0 amide bonds. The predicted molar refractivity (Wildman–Crippen MR) is 129 cm³/mol. The average Bonchev–Trinajstić information content (AvgIpc) is 2.94.